The number of ether oxygens (including phenoxy) is 1. The van der Waals surface area contributed by atoms with Gasteiger partial charge in [-0.2, -0.15) is 0 Å². The number of esters is 1. The summed E-state index contributed by atoms with van der Waals surface area (Å²) in [6, 6.07) is 8.36. The van der Waals surface area contributed by atoms with E-state index in [-0.39, 0.29) is 25.5 Å². The van der Waals surface area contributed by atoms with Gasteiger partial charge in [-0.05, 0) is 32.9 Å². The zero-order chi connectivity index (χ0) is 20.6. The third kappa shape index (κ3) is 5.25. The summed E-state index contributed by atoms with van der Waals surface area (Å²) < 4.78 is 30.0. The number of hydrogen-bond donors (Lipinski definition) is 1. The number of aromatic nitrogens is 3. The molecule has 1 atom stereocenters. The molecule has 0 spiro atoms. The largest absolute Gasteiger partial charge is 0.461 e. The monoisotopic (exact) mass is 410 g/mol. The first-order valence-corrected chi connectivity index (χ1v) is 10.4. The molecule has 2 aromatic rings. The van der Waals surface area contributed by atoms with Crippen LogP contribution in [0.4, 0.5) is 0 Å². The van der Waals surface area contributed by atoms with E-state index < -0.39 is 25.4 Å². The van der Waals surface area contributed by atoms with Crippen LogP contribution in [0.15, 0.2) is 36.5 Å². The lowest BCUT2D eigenvalue weighted by Crippen LogP contribution is -2.34. The van der Waals surface area contributed by atoms with Crippen LogP contribution in [0.2, 0.25) is 0 Å². The van der Waals surface area contributed by atoms with Gasteiger partial charge in [0.1, 0.15) is 0 Å². The van der Waals surface area contributed by atoms with Gasteiger partial charge in [0.15, 0.2) is 5.69 Å². The Bertz CT molecular complexity index is 831. The standard InChI is InChI=1S/C17H23N4O6P/c1-4-25-16(23)14-12-21(20-19-14)17(28(24,26-5-2)27-6-3)18-15(22)13-10-8-7-9-11-13/h7-12,17H,4-6H2,1-3H3,(H,18,22). The molecule has 1 N–H and O–H groups in total. The minimum atomic E-state index is -3.88. The summed E-state index contributed by atoms with van der Waals surface area (Å²) in [4.78, 5) is 24.5. The highest BCUT2D eigenvalue weighted by Gasteiger charge is 2.40. The Morgan fingerprint density at radius 3 is 2.32 bits per heavy atom. The number of benzene rings is 1. The van der Waals surface area contributed by atoms with E-state index >= 15 is 0 Å². The first kappa shape index (κ1) is 21.7. The molecular weight excluding hydrogens is 387 g/mol. The topological polar surface area (TPSA) is 122 Å². The SMILES string of the molecule is CCOC(=O)c1cn(C(NC(=O)c2ccccc2)P(=O)(OCC)OCC)nn1. The normalized spacial score (nSPS) is 12.4. The summed E-state index contributed by atoms with van der Waals surface area (Å²) in [5.74, 6) is -2.53. The van der Waals surface area contributed by atoms with Gasteiger partial charge in [-0.3, -0.25) is 9.36 Å². The third-order valence-electron chi connectivity index (χ3n) is 3.46. The van der Waals surface area contributed by atoms with Gasteiger partial charge in [-0.25, -0.2) is 9.48 Å². The smallest absolute Gasteiger partial charge is 0.375 e. The molecule has 2 rings (SSSR count). The predicted molar refractivity (Wildman–Crippen MR) is 99.8 cm³/mol. The van der Waals surface area contributed by atoms with Crippen molar-refractivity contribution in [3.63, 3.8) is 0 Å². The fraction of sp³-hybridized carbons (Fsp3) is 0.412. The molecule has 1 aromatic heterocycles. The molecule has 1 unspecified atom stereocenters. The van der Waals surface area contributed by atoms with Gasteiger partial charge >= 0.3 is 13.6 Å². The van der Waals surface area contributed by atoms with E-state index in [0.717, 1.165) is 4.68 Å². The predicted octanol–water partition coefficient (Wildman–Crippen LogP) is 2.61. The van der Waals surface area contributed by atoms with E-state index in [1.807, 2.05) is 0 Å². The lowest BCUT2D eigenvalue weighted by Gasteiger charge is -2.26. The van der Waals surface area contributed by atoms with Crippen molar-refractivity contribution in [2.45, 2.75) is 26.7 Å². The van der Waals surface area contributed by atoms with Gasteiger partial charge in [0.2, 0.25) is 5.91 Å². The van der Waals surface area contributed by atoms with Gasteiger partial charge in [0, 0.05) is 5.56 Å². The van der Waals surface area contributed by atoms with Crippen LogP contribution in [0.5, 0.6) is 0 Å². The maximum absolute atomic E-state index is 13.3. The second-order valence-corrected chi connectivity index (χ2v) is 7.48. The fourth-order valence-corrected chi connectivity index (χ4v) is 4.07. The van der Waals surface area contributed by atoms with Crippen molar-refractivity contribution < 1.29 is 27.9 Å². The molecule has 0 aliphatic heterocycles. The van der Waals surface area contributed by atoms with Crippen LogP contribution in [0.25, 0.3) is 0 Å². The molecule has 0 saturated heterocycles. The summed E-state index contributed by atoms with van der Waals surface area (Å²) in [5, 5.41) is 10.1. The van der Waals surface area contributed by atoms with Gasteiger partial charge in [-0.1, -0.05) is 23.4 Å². The Kier molecular flexibility index (Phi) is 7.86. The lowest BCUT2D eigenvalue weighted by atomic mass is 10.2. The van der Waals surface area contributed by atoms with Crippen molar-refractivity contribution in [2.75, 3.05) is 19.8 Å². The molecule has 152 valence electrons. The summed E-state index contributed by atoms with van der Waals surface area (Å²) >= 11 is 0. The molecule has 0 radical (unpaired) electrons. The quantitative estimate of drug-likeness (QED) is 0.469. The van der Waals surface area contributed by atoms with Crippen molar-refractivity contribution >= 4 is 19.5 Å². The van der Waals surface area contributed by atoms with E-state index in [0.29, 0.717) is 5.56 Å². The molecule has 1 amide bonds. The van der Waals surface area contributed by atoms with Crippen LogP contribution in [0.3, 0.4) is 0 Å². The fourth-order valence-electron chi connectivity index (χ4n) is 2.31. The Labute approximate surface area is 162 Å². The van der Waals surface area contributed by atoms with Gasteiger partial charge < -0.3 is 19.1 Å². The van der Waals surface area contributed by atoms with Gasteiger partial charge in [-0.15, -0.1) is 5.10 Å². The summed E-state index contributed by atoms with van der Waals surface area (Å²) in [5.41, 5.74) is 0.248. The number of rotatable bonds is 10. The van der Waals surface area contributed by atoms with Crippen molar-refractivity contribution in [3.8, 4) is 0 Å². The molecule has 11 heteroatoms. The molecule has 28 heavy (non-hydrogen) atoms. The number of carbonyl (C=O) groups is 2. The van der Waals surface area contributed by atoms with E-state index in [1.165, 1.54) is 6.20 Å². The number of nitrogens with one attached hydrogen (secondary N) is 1. The van der Waals surface area contributed by atoms with Crippen molar-refractivity contribution in [3.05, 3.63) is 47.8 Å². The van der Waals surface area contributed by atoms with E-state index in [4.69, 9.17) is 13.8 Å². The first-order chi connectivity index (χ1) is 13.4. The zero-order valence-electron chi connectivity index (χ0n) is 15.9. The summed E-state index contributed by atoms with van der Waals surface area (Å²) in [6.45, 7) is 5.27. The minimum Gasteiger partial charge on any atom is -0.461 e. The van der Waals surface area contributed by atoms with Crippen LogP contribution in [-0.2, 0) is 18.3 Å². The molecule has 0 aliphatic rings. The second kappa shape index (κ2) is 10.1. The van der Waals surface area contributed by atoms with Crippen LogP contribution < -0.4 is 5.32 Å². The maximum atomic E-state index is 13.3. The first-order valence-electron chi connectivity index (χ1n) is 8.78. The number of carbonyl (C=O) groups excluding carboxylic acids is 2. The number of amides is 1. The Morgan fingerprint density at radius 1 is 1.11 bits per heavy atom. The maximum Gasteiger partial charge on any atom is 0.375 e. The summed E-state index contributed by atoms with van der Waals surface area (Å²) in [7, 11) is -3.88. The number of nitrogens with zero attached hydrogens (tertiary/aromatic N) is 3. The Hall–Kier alpha value is -2.55. The molecule has 10 nitrogen and oxygen atoms in total. The highest BCUT2D eigenvalue weighted by atomic mass is 31.2. The number of hydrogen-bond acceptors (Lipinski definition) is 8. The Morgan fingerprint density at radius 2 is 1.75 bits per heavy atom. The lowest BCUT2D eigenvalue weighted by molar-refractivity contribution is 0.0519. The van der Waals surface area contributed by atoms with Crippen LogP contribution >= 0.6 is 7.60 Å². The van der Waals surface area contributed by atoms with Crippen molar-refractivity contribution in [1.82, 2.24) is 20.3 Å². The summed E-state index contributed by atoms with van der Waals surface area (Å²) in [6.07, 6.45) is 1.22. The van der Waals surface area contributed by atoms with E-state index in [1.54, 1.807) is 51.1 Å². The van der Waals surface area contributed by atoms with Gasteiger partial charge in [0.25, 0.3) is 5.91 Å². The van der Waals surface area contributed by atoms with E-state index in [9.17, 15) is 14.2 Å². The molecule has 0 saturated carbocycles. The molecule has 1 heterocycles. The van der Waals surface area contributed by atoms with Crippen molar-refractivity contribution in [2.24, 2.45) is 0 Å². The zero-order valence-corrected chi connectivity index (χ0v) is 16.8. The van der Waals surface area contributed by atoms with Crippen molar-refractivity contribution in [1.29, 1.82) is 0 Å². The van der Waals surface area contributed by atoms with Crippen LogP contribution in [0, 0.1) is 0 Å². The van der Waals surface area contributed by atoms with Crippen LogP contribution in [0.1, 0.15) is 47.5 Å². The average molecular weight is 410 g/mol. The highest BCUT2D eigenvalue weighted by Crippen LogP contribution is 2.57. The average Bonchev–Trinajstić information content (AvgIpc) is 3.17. The van der Waals surface area contributed by atoms with Gasteiger partial charge in [0.05, 0.1) is 26.0 Å². The van der Waals surface area contributed by atoms with E-state index in [2.05, 4.69) is 15.6 Å². The third-order valence-corrected chi connectivity index (χ3v) is 5.66. The Balaban J connectivity index is 2.39. The molecule has 0 fully saturated rings. The molecule has 0 aliphatic carbocycles. The highest BCUT2D eigenvalue weighted by molar-refractivity contribution is 7.53. The second-order valence-electron chi connectivity index (χ2n) is 5.39. The van der Waals surface area contributed by atoms with Crippen LogP contribution in [-0.4, -0.2) is 46.7 Å². The molecule has 1 aromatic carbocycles. The molecular formula is C17H23N4O6P. The minimum absolute atomic E-state index is 0.0778. The molecule has 0 bridgehead atoms.